The normalized spacial score (nSPS) is 10.4. The van der Waals surface area contributed by atoms with E-state index in [9.17, 15) is 9.90 Å². The molecule has 0 aliphatic heterocycles. The summed E-state index contributed by atoms with van der Waals surface area (Å²) in [6, 6.07) is 7.47. The zero-order valence-corrected chi connectivity index (χ0v) is 13.0. The Kier molecular flexibility index (Phi) is 9.29. The van der Waals surface area contributed by atoms with Crippen LogP contribution in [-0.4, -0.2) is 25.8 Å². The summed E-state index contributed by atoms with van der Waals surface area (Å²) in [5, 5.41) is 10.0. The molecule has 84 valence electrons. The molecule has 0 aromatic heterocycles. The zero-order chi connectivity index (χ0) is 11.8. The molecular formula is C12H12KNO3. The first-order chi connectivity index (χ1) is 7.72. The SMILES string of the molecule is COc1ccc(/C=C/C=NCC(=O)[O-])cc1.[K+]. The number of ether oxygens (including phenoxy) is 1. The molecule has 0 N–H and O–H groups in total. The molecule has 5 heteroatoms. The minimum atomic E-state index is -1.19. The number of hydrogen-bond acceptors (Lipinski definition) is 4. The van der Waals surface area contributed by atoms with Crippen molar-refractivity contribution in [2.24, 2.45) is 4.99 Å². The summed E-state index contributed by atoms with van der Waals surface area (Å²) in [7, 11) is 1.61. The molecule has 0 saturated carbocycles. The number of carboxylic acids is 1. The van der Waals surface area contributed by atoms with Crippen molar-refractivity contribution in [3.63, 3.8) is 0 Å². The third kappa shape index (κ3) is 7.46. The van der Waals surface area contributed by atoms with E-state index in [1.165, 1.54) is 6.21 Å². The van der Waals surface area contributed by atoms with Crippen LogP contribution in [0.3, 0.4) is 0 Å². The van der Waals surface area contributed by atoms with E-state index in [2.05, 4.69) is 4.99 Å². The van der Waals surface area contributed by atoms with Crippen molar-refractivity contribution >= 4 is 18.3 Å². The summed E-state index contributed by atoms with van der Waals surface area (Å²) in [6.45, 7) is -0.313. The first kappa shape index (κ1) is 16.5. The van der Waals surface area contributed by atoms with Gasteiger partial charge in [-0.25, -0.2) is 0 Å². The molecule has 0 atom stereocenters. The van der Waals surface area contributed by atoms with E-state index in [-0.39, 0.29) is 57.9 Å². The van der Waals surface area contributed by atoms with Crippen LogP contribution in [0.15, 0.2) is 35.3 Å². The largest absolute Gasteiger partial charge is 1.00 e. The van der Waals surface area contributed by atoms with Crippen LogP contribution in [-0.2, 0) is 4.79 Å². The van der Waals surface area contributed by atoms with Crippen molar-refractivity contribution in [3.8, 4) is 5.75 Å². The van der Waals surface area contributed by atoms with Crippen LogP contribution in [0.2, 0.25) is 0 Å². The van der Waals surface area contributed by atoms with Crippen LogP contribution in [0.1, 0.15) is 5.56 Å². The third-order valence-electron chi connectivity index (χ3n) is 1.82. The van der Waals surface area contributed by atoms with Crippen LogP contribution in [0, 0.1) is 0 Å². The van der Waals surface area contributed by atoms with Crippen molar-refractivity contribution < 1.29 is 66.0 Å². The summed E-state index contributed by atoms with van der Waals surface area (Å²) in [5.74, 6) is -0.392. The average molecular weight is 257 g/mol. The molecule has 0 spiro atoms. The molecule has 0 aliphatic carbocycles. The van der Waals surface area contributed by atoms with Crippen molar-refractivity contribution in [3.05, 3.63) is 35.9 Å². The molecule has 0 bridgehead atoms. The van der Waals surface area contributed by atoms with Gasteiger partial charge >= 0.3 is 51.4 Å². The predicted octanol–water partition coefficient (Wildman–Crippen LogP) is -2.47. The summed E-state index contributed by atoms with van der Waals surface area (Å²) in [6.07, 6.45) is 4.92. The second-order valence-corrected chi connectivity index (χ2v) is 2.99. The first-order valence-corrected chi connectivity index (χ1v) is 4.73. The molecule has 0 radical (unpaired) electrons. The molecule has 0 heterocycles. The molecule has 0 fully saturated rings. The van der Waals surface area contributed by atoms with Crippen molar-refractivity contribution in [1.82, 2.24) is 0 Å². The average Bonchev–Trinajstić information content (AvgIpc) is 2.29. The van der Waals surface area contributed by atoms with Gasteiger partial charge in [0.15, 0.2) is 0 Å². The fourth-order valence-electron chi connectivity index (χ4n) is 1.06. The van der Waals surface area contributed by atoms with E-state index in [1.807, 2.05) is 30.3 Å². The Balaban J connectivity index is 0.00000256. The number of rotatable bonds is 5. The number of hydrogen-bond donors (Lipinski definition) is 0. The number of benzene rings is 1. The molecule has 0 aliphatic rings. The van der Waals surface area contributed by atoms with Gasteiger partial charge < -0.3 is 14.6 Å². The Bertz CT molecular complexity index is 399. The van der Waals surface area contributed by atoms with Crippen LogP contribution in [0.5, 0.6) is 5.75 Å². The quantitative estimate of drug-likeness (QED) is 0.434. The van der Waals surface area contributed by atoms with E-state index < -0.39 is 5.97 Å². The zero-order valence-electron chi connectivity index (χ0n) is 9.92. The van der Waals surface area contributed by atoms with Gasteiger partial charge in [-0.3, -0.25) is 4.99 Å². The van der Waals surface area contributed by atoms with Gasteiger partial charge in [-0.05, 0) is 23.8 Å². The summed E-state index contributed by atoms with van der Waals surface area (Å²) in [4.78, 5) is 13.7. The van der Waals surface area contributed by atoms with Gasteiger partial charge in [-0.2, -0.15) is 0 Å². The molecule has 0 saturated heterocycles. The molecule has 1 aromatic rings. The number of aliphatic imine (C=N–C) groups is 1. The molecule has 0 unspecified atom stereocenters. The Labute approximate surface area is 143 Å². The number of carbonyl (C=O) groups is 1. The Morgan fingerprint density at radius 3 is 2.59 bits per heavy atom. The van der Waals surface area contributed by atoms with Gasteiger partial charge in [0, 0.05) is 6.21 Å². The molecular weight excluding hydrogens is 245 g/mol. The van der Waals surface area contributed by atoms with Crippen molar-refractivity contribution in [2.45, 2.75) is 0 Å². The predicted molar refractivity (Wildman–Crippen MR) is 60.4 cm³/mol. The summed E-state index contributed by atoms with van der Waals surface area (Å²) in [5.41, 5.74) is 0.987. The van der Waals surface area contributed by atoms with Gasteiger partial charge in [0.05, 0.1) is 19.6 Å². The van der Waals surface area contributed by atoms with Gasteiger partial charge in [-0.1, -0.05) is 18.2 Å². The van der Waals surface area contributed by atoms with Gasteiger partial charge in [0.2, 0.25) is 0 Å². The third-order valence-corrected chi connectivity index (χ3v) is 1.82. The summed E-state index contributed by atoms with van der Waals surface area (Å²) < 4.78 is 5.02. The molecule has 4 nitrogen and oxygen atoms in total. The second kappa shape index (κ2) is 9.55. The fourth-order valence-corrected chi connectivity index (χ4v) is 1.06. The van der Waals surface area contributed by atoms with E-state index in [0.717, 1.165) is 11.3 Å². The minimum absolute atomic E-state index is 0. The molecule has 0 amide bonds. The van der Waals surface area contributed by atoms with E-state index >= 15 is 0 Å². The number of nitrogens with zero attached hydrogens (tertiary/aromatic N) is 1. The minimum Gasteiger partial charge on any atom is -0.548 e. The Hall–Kier alpha value is -0.464. The van der Waals surface area contributed by atoms with Crippen LogP contribution in [0.4, 0.5) is 0 Å². The summed E-state index contributed by atoms with van der Waals surface area (Å²) >= 11 is 0. The number of allylic oxidation sites excluding steroid dienone is 1. The van der Waals surface area contributed by atoms with E-state index in [1.54, 1.807) is 13.2 Å². The van der Waals surface area contributed by atoms with Crippen LogP contribution in [0.25, 0.3) is 6.08 Å². The van der Waals surface area contributed by atoms with E-state index in [0.29, 0.717) is 0 Å². The monoisotopic (exact) mass is 257 g/mol. The Morgan fingerprint density at radius 2 is 2.06 bits per heavy atom. The maximum Gasteiger partial charge on any atom is 1.00 e. The van der Waals surface area contributed by atoms with Gasteiger partial charge in [-0.15, -0.1) is 0 Å². The number of carboxylic acid groups (broad SMARTS) is 1. The molecule has 1 aromatic carbocycles. The molecule has 17 heavy (non-hydrogen) atoms. The van der Waals surface area contributed by atoms with E-state index in [4.69, 9.17) is 4.74 Å². The number of aliphatic carboxylic acids is 1. The van der Waals surface area contributed by atoms with Gasteiger partial charge in [0.1, 0.15) is 5.75 Å². The van der Waals surface area contributed by atoms with Crippen LogP contribution < -0.4 is 61.2 Å². The maximum atomic E-state index is 10.0. The number of methoxy groups -OCH3 is 1. The fraction of sp³-hybridized carbons (Fsp3) is 0.167. The Morgan fingerprint density at radius 1 is 1.41 bits per heavy atom. The van der Waals surface area contributed by atoms with Crippen molar-refractivity contribution in [1.29, 1.82) is 0 Å². The topological polar surface area (TPSA) is 61.7 Å². The second-order valence-electron chi connectivity index (χ2n) is 2.99. The smallest absolute Gasteiger partial charge is 0.548 e. The maximum absolute atomic E-state index is 10.0. The van der Waals surface area contributed by atoms with Gasteiger partial charge in [0.25, 0.3) is 0 Å². The standard InChI is InChI=1S/C12H13NO3.K/c1-16-11-6-4-10(5-7-11)3-2-8-13-9-12(14)15;/h2-8H,9H2,1H3,(H,14,15);/q;+1/p-1/b3-2+,13-8?;. The van der Waals surface area contributed by atoms with Crippen molar-refractivity contribution in [2.75, 3.05) is 13.7 Å². The van der Waals surface area contributed by atoms with Crippen LogP contribution >= 0.6 is 0 Å². The molecule has 1 rings (SSSR count). The first-order valence-electron chi connectivity index (χ1n) is 4.73. The number of carbonyl (C=O) groups excluding carboxylic acids is 1.